The highest BCUT2D eigenvalue weighted by molar-refractivity contribution is 7.89. The van der Waals surface area contributed by atoms with Crippen molar-refractivity contribution in [1.29, 1.82) is 0 Å². The Hall–Kier alpha value is -1.51. The maximum Gasteiger partial charge on any atom is 0.244 e. The number of amides is 1. The minimum Gasteiger partial charge on any atom is -0.351 e. The number of hydrogen-bond acceptors (Lipinski definition) is 5. The van der Waals surface area contributed by atoms with Gasteiger partial charge in [-0.15, -0.1) is 0 Å². The topological polar surface area (TPSA) is 105 Å². The second-order valence-electron chi connectivity index (χ2n) is 5.58. The van der Waals surface area contributed by atoms with E-state index < -0.39 is 10.0 Å². The third-order valence-electron chi connectivity index (χ3n) is 3.11. The van der Waals surface area contributed by atoms with Crippen molar-refractivity contribution in [2.24, 2.45) is 11.7 Å². The predicted octanol–water partition coefficient (Wildman–Crippen LogP) is 0.192. The molecule has 0 radical (unpaired) electrons. The molecule has 0 aromatic carbocycles. The number of carbonyl (C=O) groups is 1. The molecule has 0 aliphatic carbocycles. The molecular weight excluding hydrogens is 304 g/mol. The Morgan fingerprint density at radius 3 is 2.64 bits per heavy atom. The summed E-state index contributed by atoms with van der Waals surface area (Å²) in [5, 5.41) is 2.77. The Balaban J connectivity index is 2.67. The van der Waals surface area contributed by atoms with Crippen LogP contribution in [0, 0.1) is 5.92 Å². The molecule has 0 spiro atoms. The van der Waals surface area contributed by atoms with Gasteiger partial charge >= 0.3 is 0 Å². The zero-order chi connectivity index (χ0) is 16.8. The minimum atomic E-state index is -3.72. The molecule has 1 heterocycles. The van der Waals surface area contributed by atoms with Gasteiger partial charge in [-0.2, -0.15) is 4.31 Å². The summed E-state index contributed by atoms with van der Waals surface area (Å²) in [6.45, 7) is 4.14. The molecule has 1 rings (SSSR count). The first kappa shape index (κ1) is 18.5. The zero-order valence-electron chi connectivity index (χ0n) is 13.2. The lowest BCUT2D eigenvalue weighted by Crippen LogP contribution is -2.46. The van der Waals surface area contributed by atoms with Crippen LogP contribution in [-0.4, -0.2) is 49.8 Å². The van der Waals surface area contributed by atoms with Crippen LogP contribution in [0.4, 0.5) is 0 Å². The first-order valence-electron chi connectivity index (χ1n) is 7.13. The van der Waals surface area contributed by atoms with E-state index >= 15 is 0 Å². The Labute approximate surface area is 132 Å². The molecule has 0 fully saturated rings. The summed E-state index contributed by atoms with van der Waals surface area (Å²) in [6.07, 6.45) is 3.50. The van der Waals surface area contributed by atoms with E-state index in [1.165, 1.54) is 31.6 Å². The largest absolute Gasteiger partial charge is 0.351 e. The van der Waals surface area contributed by atoms with Crippen molar-refractivity contribution in [3.05, 3.63) is 24.5 Å². The van der Waals surface area contributed by atoms with Crippen LogP contribution in [-0.2, 0) is 14.8 Å². The highest BCUT2D eigenvalue weighted by Gasteiger charge is 2.24. The number of aromatic nitrogens is 1. The SMILES string of the molecule is CC(C)CC(CN)NC(=O)CN(C)S(=O)(=O)c1cccnc1. The van der Waals surface area contributed by atoms with Gasteiger partial charge in [0.2, 0.25) is 15.9 Å². The van der Waals surface area contributed by atoms with Gasteiger partial charge in [0.05, 0.1) is 6.54 Å². The third-order valence-corrected chi connectivity index (χ3v) is 4.90. The molecule has 1 unspecified atom stereocenters. The lowest BCUT2D eigenvalue weighted by atomic mass is 10.0. The maximum absolute atomic E-state index is 12.3. The Morgan fingerprint density at radius 2 is 2.14 bits per heavy atom. The fourth-order valence-electron chi connectivity index (χ4n) is 2.02. The van der Waals surface area contributed by atoms with Crippen molar-refractivity contribution in [2.75, 3.05) is 20.1 Å². The monoisotopic (exact) mass is 328 g/mol. The highest BCUT2D eigenvalue weighted by Crippen LogP contribution is 2.12. The molecule has 3 N–H and O–H groups in total. The summed E-state index contributed by atoms with van der Waals surface area (Å²) in [5.41, 5.74) is 5.62. The molecule has 1 aromatic heterocycles. The van der Waals surface area contributed by atoms with Gasteiger partial charge in [-0.05, 0) is 24.5 Å². The van der Waals surface area contributed by atoms with Crippen molar-refractivity contribution >= 4 is 15.9 Å². The smallest absolute Gasteiger partial charge is 0.244 e. The van der Waals surface area contributed by atoms with Gasteiger partial charge in [0.1, 0.15) is 4.90 Å². The highest BCUT2D eigenvalue weighted by atomic mass is 32.2. The number of nitrogens with zero attached hydrogens (tertiary/aromatic N) is 2. The van der Waals surface area contributed by atoms with Crippen LogP contribution >= 0.6 is 0 Å². The van der Waals surface area contributed by atoms with E-state index in [9.17, 15) is 13.2 Å². The second kappa shape index (κ2) is 8.21. The second-order valence-corrected chi connectivity index (χ2v) is 7.62. The lowest BCUT2D eigenvalue weighted by Gasteiger charge is -2.21. The summed E-state index contributed by atoms with van der Waals surface area (Å²) >= 11 is 0. The van der Waals surface area contributed by atoms with Gasteiger partial charge in [-0.1, -0.05) is 13.8 Å². The fraction of sp³-hybridized carbons (Fsp3) is 0.571. The average molecular weight is 328 g/mol. The van der Waals surface area contributed by atoms with Crippen molar-refractivity contribution in [3.8, 4) is 0 Å². The normalized spacial score (nSPS) is 13.4. The molecule has 0 aliphatic heterocycles. The third kappa shape index (κ3) is 5.36. The van der Waals surface area contributed by atoms with E-state index in [2.05, 4.69) is 10.3 Å². The van der Waals surface area contributed by atoms with E-state index in [4.69, 9.17) is 5.73 Å². The van der Waals surface area contributed by atoms with Crippen LogP contribution < -0.4 is 11.1 Å². The van der Waals surface area contributed by atoms with Gasteiger partial charge in [0, 0.05) is 32.0 Å². The number of carbonyl (C=O) groups excluding carboxylic acids is 1. The number of pyridine rings is 1. The van der Waals surface area contributed by atoms with Crippen molar-refractivity contribution < 1.29 is 13.2 Å². The summed E-state index contributed by atoms with van der Waals surface area (Å²) in [7, 11) is -2.36. The maximum atomic E-state index is 12.3. The molecule has 1 atom stereocenters. The Kier molecular flexibility index (Phi) is 6.92. The quantitative estimate of drug-likeness (QED) is 0.709. The number of hydrogen-bond donors (Lipinski definition) is 2. The first-order valence-corrected chi connectivity index (χ1v) is 8.57. The van der Waals surface area contributed by atoms with E-state index in [-0.39, 0.29) is 23.4 Å². The molecule has 1 amide bonds. The zero-order valence-corrected chi connectivity index (χ0v) is 14.0. The van der Waals surface area contributed by atoms with Crippen LogP contribution in [0.15, 0.2) is 29.4 Å². The molecule has 0 bridgehead atoms. The minimum absolute atomic E-state index is 0.0582. The predicted molar refractivity (Wildman–Crippen MR) is 84.5 cm³/mol. The average Bonchev–Trinajstić information content (AvgIpc) is 2.46. The standard InChI is InChI=1S/C14H24N4O3S/c1-11(2)7-12(8-15)17-14(19)10-18(3)22(20,21)13-5-4-6-16-9-13/h4-6,9,11-12H,7-8,10,15H2,1-3H3,(H,17,19). The van der Waals surface area contributed by atoms with E-state index in [1.54, 1.807) is 0 Å². The molecule has 0 saturated carbocycles. The molecule has 8 heteroatoms. The summed E-state index contributed by atoms with van der Waals surface area (Å²) in [5.74, 6) is 0.0248. The first-order chi connectivity index (χ1) is 10.3. The number of nitrogens with two attached hydrogens (primary N) is 1. The van der Waals surface area contributed by atoms with Gasteiger partial charge < -0.3 is 11.1 Å². The summed E-state index contributed by atoms with van der Waals surface area (Å²) in [4.78, 5) is 15.8. The number of rotatable bonds is 8. The lowest BCUT2D eigenvalue weighted by molar-refractivity contribution is -0.121. The number of nitrogens with one attached hydrogen (secondary N) is 1. The van der Waals surface area contributed by atoms with Gasteiger partial charge in [-0.3, -0.25) is 9.78 Å². The van der Waals surface area contributed by atoms with Crippen molar-refractivity contribution in [2.45, 2.75) is 31.2 Å². The Bertz CT molecular complexity index is 575. The molecule has 124 valence electrons. The van der Waals surface area contributed by atoms with E-state index in [0.717, 1.165) is 10.7 Å². The molecule has 22 heavy (non-hydrogen) atoms. The summed E-state index contributed by atoms with van der Waals surface area (Å²) < 4.78 is 25.6. The van der Waals surface area contributed by atoms with Crippen LogP contribution in [0.5, 0.6) is 0 Å². The van der Waals surface area contributed by atoms with E-state index in [1.807, 2.05) is 13.8 Å². The van der Waals surface area contributed by atoms with Crippen LogP contribution in [0.3, 0.4) is 0 Å². The summed E-state index contributed by atoms with van der Waals surface area (Å²) in [6, 6.07) is 2.83. The van der Waals surface area contributed by atoms with Gasteiger partial charge in [-0.25, -0.2) is 8.42 Å². The molecule has 0 aliphatic rings. The fourth-order valence-corrected chi connectivity index (χ4v) is 3.11. The molecule has 0 saturated heterocycles. The van der Waals surface area contributed by atoms with Crippen LogP contribution in [0.1, 0.15) is 20.3 Å². The Morgan fingerprint density at radius 1 is 1.45 bits per heavy atom. The van der Waals surface area contributed by atoms with Crippen molar-refractivity contribution in [1.82, 2.24) is 14.6 Å². The molecule has 7 nitrogen and oxygen atoms in total. The van der Waals surface area contributed by atoms with Gasteiger partial charge in [0.15, 0.2) is 0 Å². The van der Waals surface area contributed by atoms with Crippen LogP contribution in [0.25, 0.3) is 0 Å². The number of likely N-dealkylation sites (N-methyl/N-ethyl adjacent to an activating group) is 1. The van der Waals surface area contributed by atoms with E-state index in [0.29, 0.717) is 12.5 Å². The molecular formula is C14H24N4O3S. The van der Waals surface area contributed by atoms with Crippen LogP contribution in [0.2, 0.25) is 0 Å². The molecule has 1 aromatic rings. The van der Waals surface area contributed by atoms with Crippen molar-refractivity contribution in [3.63, 3.8) is 0 Å². The van der Waals surface area contributed by atoms with Gasteiger partial charge in [0.25, 0.3) is 0 Å². The number of sulfonamides is 1.